The van der Waals surface area contributed by atoms with Crippen LogP contribution in [0.25, 0.3) is 0 Å². The highest BCUT2D eigenvalue weighted by molar-refractivity contribution is 5.92. The Bertz CT molecular complexity index is 667. The minimum atomic E-state index is -0.483. The number of benzene rings is 1. The zero-order valence-electron chi connectivity index (χ0n) is 12.5. The van der Waals surface area contributed by atoms with Crippen LogP contribution in [0.4, 0.5) is 11.4 Å². The van der Waals surface area contributed by atoms with Crippen molar-refractivity contribution in [3.63, 3.8) is 0 Å². The monoisotopic (exact) mass is 304 g/mol. The van der Waals surface area contributed by atoms with Crippen molar-refractivity contribution in [3.8, 4) is 0 Å². The minimum absolute atomic E-state index is 0.0443. The summed E-state index contributed by atoms with van der Waals surface area (Å²) in [7, 11) is 1.88. The second kappa shape index (κ2) is 6.86. The van der Waals surface area contributed by atoms with E-state index in [0.717, 1.165) is 16.2 Å². The molecule has 1 atom stereocenters. The second-order valence-electron chi connectivity index (χ2n) is 5.19. The van der Waals surface area contributed by atoms with Crippen molar-refractivity contribution in [3.05, 3.63) is 58.0 Å². The number of nitro groups is 1. The summed E-state index contributed by atoms with van der Waals surface area (Å²) >= 11 is 0. The van der Waals surface area contributed by atoms with E-state index in [-0.39, 0.29) is 18.1 Å². The van der Waals surface area contributed by atoms with Gasteiger partial charge in [-0.15, -0.1) is 0 Å². The third kappa shape index (κ3) is 4.16. The highest BCUT2D eigenvalue weighted by Crippen LogP contribution is 2.21. The van der Waals surface area contributed by atoms with E-state index >= 15 is 0 Å². The Labute approximate surface area is 127 Å². The summed E-state index contributed by atoms with van der Waals surface area (Å²) < 4.78 is 5.24. The van der Waals surface area contributed by atoms with Crippen molar-refractivity contribution in [1.29, 1.82) is 0 Å². The largest absolute Gasteiger partial charge is 0.463 e. The van der Waals surface area contributed by atoms with Crippen LogP contribution in [0.3, 0.4) is 0 Å². The normalized spacial score (nSPS) is 11.9. The lowest BCUT2D eigenvalue weighted by Crippen LogP contribution is -3.08. The Hall–Kier alpha value is -2.67. The zero-order valence-corrected chi connectivity index (χ0v) is 12.5. The summed E-state index contributed by atoms with van der Waals surface area (Å²) in [6.45, 7) is 2.62. The number of nitrogens with zero attached hydrogens (tertiary/aromatic N) is 1. The molecule has 0 saturated heterocycles. The van der Waals surface area contributed by atoms with Crippen LogP contribution in [-0.2, 0) is 11.3 Å². The number of rotatable bonds is 6. The number of likely N-dealkylation sites (N-methyl/N-ethyl adjacent to an activating group) is 1. The highest BCUT2D eigenvalue weighted by Gasteiger charge is 2.15. The van der Waals surface area contributed by atoms with Gasteiger partial charge in [0.2, 0.25) is 0 Å². The molecule has 0 radical (unpaired) electrons. The predicted octanol–water partition coefficient (Wildman–Crippen LogP) is 1.15. The Kier molecular flexibility index (Phi) is 4.90. The van der Waals surface area contributed by atoms with Crippen LogP contribution in [0.5, 0.6) is 0 Å². The second-order valence-corrected chi connectivity index (χ2v) is 5.19. The van der Waals surface area contributed by atoms with Crippen LogP contribution in [0.2, 0.25) is 0 Å². The number of anilines is 1. The molecular formula is C15H18N3O4+. The molecular weight excluding hydrogens is 286 g/mol. The first-order chi connectivity index (χ1) is 10.5. The van der Waals surface area contributed by atoms with Gasteiger partial charge in [-0.2, -0.15) is 0 Å². The lowest BCUT2D eigenvalue weighted by Gasteiger charge is -2.13. The number of carbonyl (C=O) groups is 1. The fourth-order valence-corrected chi connectivity index (χ4v) is 2.10. The average Bonchev–Trinajstić information content (AvgIpc) is 2.93. The summed E-state index contributed by atoms with van der Waals surface area (Å²) in [6, 6.07) is 8.06. The third-order valence-corrected chi connectivity index (χ3v) is 3.22. The number of carbonyl (C=O) groups excluding carboxylic acids is 1. The van der Waals surface area contributed by atoms with Crippen LogP contribution in [0.1, 0.15) is 11.3 Å². The number of hydrogen-bond acceptors (Lipinski definition) is 4. The summed E-state index contributed by atoms with van der Waals surface area (Å²) in [5.41, 5.74) is 1.20. The number of non-ortho nitro benzene ring substituents is 1. The molecule has 0 aliphatic carbocycles. The molecule has 2 rings (SSSR count). The zero-order chi connectivity index (χ0) is 16.1. The number of aryl methyl sites for hydroxylation is 1. The van der Waals surface area contributed by atoms with Gasteiger partial charge >= 0.3 is 0 Å². The molecule has 0 saturated carbocycles. The molecule has 1 aromatic heterocycles. The van der Waals surface area contributed by atoms with Crippen LogP contribution in [0, 0.1) is 17.0 Å². The maximum absolute atomic E-state index is 12.1. The van der Waals surface area contributed by atoms with Crippen molar-refractivity contribution in [2.24, 2.45) is 0 Å². The SMILES string of the molecule is Cc1ccc([N+](=O)[O-])cc1NC(=O)C[NH+](C)Cc1ccco1. The molecule has 1 amide bonds. The van der Waals surface area contributed by atoms with Crippen LogP contribution in [-0.4, -0.2) is 24.4 Å². The van der Waals surface area contributed by atoms with Crippen molar-refractivity contribution < 1.29 is 19.0 Å². The van der Waals surface area contributed by atoms with Gasteiger partial charge in [0, 0.05) is 12.1 Å². The van der Waals surface area contributed by atoms with Gasteiger partial charge in [-0.1, -0.05) is 6.07 Å². The van der Waals surface area contributed by atoms with E-state index < -0.39 is 4.92 Å². The van der Waals surface area contributed by atoms with Crippen molar-refractivity contribution in [2.75, 3.05) is 18.9 Å². The van der Waals surface area contributed by atoms with Gasteiger partial charge in [0.25, 0.3) is 11.6 Å². The van der Waals surface area contributed by atoms with Crippen molar-refractivity contribution in [2.45, 2.75) is 13.5 Å². The first kappa shape index (κ1) is 15.7. The molecule has 1 unspecified atom stereocenters. The van der Waals surface area contributed by atoms with E-state index in [1.54, 1.807) is 25.3 Å². The molecule has 1 aromatic carbocycles. The summed E-state index contributed by atoms with van der Waals surface area (Å²) in [6.07, 6.45) is 1.59. The molecule has 1 heterocycles. The van der Waals surface area contributed by atoms with E-state index in [9.17, 15) is 14.9 Å². The molecule has 116 valence electrons. The molecule has 7 nitrogen and oxygen atoms in total. The Morgan fingerprint density at radius 2 is 2.18 bits per heavy atom. The number of nitro benzene ring substituents is 1. The number of quaternary nitrogens is 1. The van der Waals surface area contributed by atoms with Crippen molar-refractivity contribution >= 4 is 17.3 Å². The number of nitrogens with one attached hydrogen (secondary N) is 2. The molecule has 2 N–H and O–H groups in total. The van der Waals surface area contributed by atoms with Gasteiger partial charge < -0.3 is 14.6 Å². The first-order valence-corrected chi connectivity index (χ1v) is 6.84. The third-order valence-electron chi connectivity index (χ3n) is 3.22. The van der Waals surface area contributed by atoms with E-state index in [1.807, 2.05) is 13.1 Å². The molecule has 7 heteroatoms. The maximum Gasteiger partial charge on any atom is 0.279 e. The summed E-state index contributed by atoms with van der Waals surface area (Å²) in [4.78, 5) is 23.3. The lowest BCUT2D eigenvalue weighted by molar-refractivity contribution is -0.886. The van der Waals surface area contributed by atoms with Gasteiger partial charge in [-0.25, -0.2) is 0 Å². The van der Waals surface area contributed by atoms with Crippen LogP contribution < -0.4 is 10.2 Å². The van der Waals surface area contributed by atoms with E-state index in [2.05, 4.69) is 5.32 Å². The predicted molar refractivity (Wildman–Crippen MR) is 80.6 cm³/mol. The maximum atomic E-state index is 12.1. The van der Waals surface area contributed by atoms with E-state index in [4.69, 9.17) is 4.42 Å². The fourth-order valence-electron chi connectivity index (χ4n) is 2.10. The summed E-state index contributed by atoms with van der Waals surface area (Å²) in [5, 5.41) is 13.5. The van der Waals surface area contributed by atoms with Gasteiger partial charge in [0.15, 0.2) is 12.3 Å². The molecule has 0 bridgehead atoms. The number of hydrogen-bond donors (Lipinski definition) is 2. The van der Waals surface area contributed by atoms with Crippen molar-refractivity contribution in [1.82, 2.24) is 0 Å². The Morgan fingerprint density at radius 1 is 1.41 bits per heavy atom. The van der Waals surface area contributed by atoms with Gasteiger partial charge in [0.1, 0.15) is 6.54 Å². The quantitative estimate of drug-likeness (QED) is 0.619. The highest BCUT2D eigenvalue weighted by atomic mass is 16.6. The Balaban J connectivity index is 1.96. The smallest absolute Gasteiger partial charge is 0.279 e. The molecule has 0 aliphatic rings. The van der Waals surface area contributed by atoms with E-state index in [0.29, 0.717) is 12.2 Å². The van der Waals surface area contributed by atoms with Crippen LogP contribution >= 0.6 is 0 Å². The fraction of sp³-hybridized carbons (Fsp3) is 0.267. The lowest BCUT2D eigenvalue weighted by atomic mass is 10.2. The number of amides is 1. The minimum Gasteiger partial charge on any atom is -0.463 e. The molecule has 0 fully saturated rings. The van der Waals surface area contributed by atoms with Gasteiger partial charge in [-0.05, 0) is 24.6 Å². The van der Waals surface area contributed by atoms with E-state index in [1.165, 1.54) is 12.1 Å². The number of furan rings is 1. The summed E-state index contributed by atoms with van der Waals surface area (Å²) in [5.74, 6) is 0.601. The van der Waals surface area contributed by atoms with Crippen LogP contribution in [0.15, 0.2) is 41.0 Å². The van der Waals surface area contributed by atoms with Gasteiger partial charge in [0.05, 0.1) is 23.9 Å². The molecule has 0 aliphatic heterocycles. The average molecular weight is 304 g/mol. The Morgan fingerprint density at radius 3 is 2.82 bits per heavy atom. The molecule has 2 aromatic rings. The standard InChI is InChI=1S/C15H17N3O4/c1-11-5-6-12(18(20)21)8-14(11)16-15(19)10-17(2)9-13-4-3-7-22-13/h3-8H,9-10H2,1-2H3,(H,16,19)/p+1. The topological polar surface area (TPSA) is 89.8 Å². The molecule has 0 spiro atoms. The van der Waals surface area contributed by atoms with Gasteiger partial charge in [-0.3, -0.25) is 14.9 Å². The first-order valence-electron chi connectivity index (χ1n) is 6.84. The molecule has 22 heavy (non-hydrogen) atoms.